The average Bonchev–Trinajstić information content (AvgIpc) is 3.33. The molecule has 29 heavy (non-hydrogen) atoms. The van der Waals surface area contributed by atoms with Crippen molar-refractivity contribution >= 4 is 22.4 Å². The maximum atomic E-state index is 13.3. The second-order valence-corrected chi connectivity index (χ2v) is 8.43. The molecule has 0 bridgehead atoms. The van der Waals surface area contributed by atoms with Crippen LogP contribution < -0.4 is 16.0 Å². The van der Waals surface area contributed by atoms with Crippen molar-refractivity contribution in [1.82, 2.24) is 10.6 Å². The number of nitrogens with one attached hydrogen (secondary N) is 3. The summed E-state index contributed by atoms with van der Waals surface area (Å²) in [5.41, 5.74) is 3.76. The van der Waals surface area contributed by atoms with Gasteiger partial charge in [-0.2, -0.15) is 0 Å². The third-order valence-electron chi connectivity index (χ3n) is 6.32. The number of carbonyl (C=O) groups excluding carboxylic acids is 1. The van der Waals surface area contributed by atoms with E-state index in [0.29, 0.717) is 6.04 Å². The zero-order chi connectivity index (χ0) is 19.8. The summed E-state index contributed by atoms with van der Waals surface area (Å²) in [6, 6.07) is 21.3. The van der Waals surface area contributed by atoms with Crippen molar-refractivity contribution in [3.63, 3.8) is 0 Å². The van der Waals surface area contributed by atoms with Crippen molar-refractivity contribution in [2.24, 2.45) is 0 Å². The van der Waals surface area contributed by atoms with Crippen LogP contribution in [-0.2, 0) is 5.54 Å². The molecule has 5 rings (SSSR count). The fourth-order valence-corrected chi connectivity index (χ4v) is 4.48. The first kappa shape index (κ1) is 18.2. The van der Waals surface area contributed by atoms with Gasteiger partial charge in [-0.25, -0.2) is 0 Å². The molecule has 1 saturated carbocycles. The van der Waals surface area contributed by atoms with Crippen LogP contribution in [0.1, 0.15) is 40.7 Å². The molecule has 1 unspecified atom stereocenters. The summed E-state index contributed by atoms with van der Waals surface area (Å²) in [5.74, 6) is 0.0149. The van der Waals surface area contributed by atoms with Gasteiger partial charge in [-0.3, -0.25) is 4.79 Å². The highest BCUT2D eigenvalue weighted by Crippen LogP contribution is 2.48. The second kappa shape index (κ2) is 7.20. The third kappa shape index (κ3) is 3.49. The van der Waals surface area contributed by atoms with Gasteiger partial charge in [0.1, 0.15) is 0 Å². The predicted molar refractivity (Wildman–Crippen MR) is 118 cm³/mol. The number of fused-ring (bicyclic) bond motifs is 1. The van der Waals surface area contributed by atoms with Crippen LogP contribution in [-0.4, -0.2) is 25.0 Å². The Hall–Kier alpha value is -2.85. The lowest BCUT2D eigenvalue weighted by molar-refractivity contribution is 0.0930. The molecule has 1 atom stereocenters. The Balaban J connectivity index is 1.41. The van der Waals surface area contributed by atoms with E-state index in [1.165, 1.54) is 16.3 Å². The molecule has 1 aliphatic heterocycles. The van der Waals surface area contributed by atoms with Crippen molar-refractivity contribution in [2.45, 2.75) is 37.8 Å². The number of anilines is 1. The van der Waals surface area contributed by atoms with E-state index < -0.39 is 0 Å². The number of carbonyl (C=O) groups is 1. The van der Waals surface area contributed by atoms with Crippen LogP contribution in [0, 0.1) is 6.92 Å². The summed E-state index contributed by atoms with van der Waals surface area (Å²) in [6.45, 7) is 4.03. The molecule has 148 valence electrons. The number of benzene rings is 3. The van der Waals surface area contributed by atoms with Crippen LogP contribution in [0.15, 0.2) is 60.7 Å². The average molecular weight is 386 g/mol. The molecule has 3 aromatic rings. The lowest BCUT2D eigenvalue weighted by atomic mass is 9.96. The molecule has 0 radical (unpaired) electrons. The van der Waals surface area contributed by atoms with Gasteiger partial charge in [0.25, 0.3) is 5.91 Å². The van der Waals surface area contributed by atoms with E-state index in [9.17, 15) is 4.79 Å². The van der Waals surface area contributed by atoms with E-state index in [1.54, 1.807) is 0 Å². The van der Waals surface area contributed by atoms with Crippen molar-refractivity contribution in [2.75, 3.05) is 18.4 Å². The van der Waals surface area contributed by atoms with Crippen molar-refractivity contribution in [3.8, 4) is 0 Å². The number of hydrogen-bond acceptors (Lipinski definition) is 3. The monoisotopic (exact) mass is 385 g/mol. The van der Waals surface area contributed by atoms with Gasteiger partial charge in [-0.1, -0.05) is 48.5 Å². The number of rotatable bonds is 5. The summed E-state index contributed by atoms with van der Waals surface area (Å²) in [4.78, 5) is 13.3. The Labute approximate surface area is 171 Å². The molecule has 1 aliphatic carbocycles. The van der Waals surface area contributed by atoms with E-state index in [2.05, 4.69) is 64.5 Å². The summed E-state index contributed by atoms with van der Waals surface area (Å²) in [5, 5.41) is 12.8. The Morgan fingerprint density at radius 2 is 1.90 bits per heavy atom. The Kier molecular flexibility index (Phi) is 4.51. The van der Waals surface area contributed by atoms with Gasteiger partial charge in [-0.15, -0.1) is 0 Å². The maximum Gasteiger partial charge on any atom is 0.252 e. The molecule has 0 spiro atoms. The SMILES string of the molecule is Cc1ccc(NC2CCNC2)cc1C(=O)NC1(c2cccc3ccccc23)CC1. The van der Waals surface area contributed by atoms with Crippen LogP contribution in [0.25, 0.3) is 10.8 Å². The minimum absolute atomic E-state index is 0.0149. The molecule has 2 fully saturated rings. The van der Waals surface area contributed by atoms with Gasteiger partial charge in [0.15, 0.2) is 0 Å². The molecule has 3 N–H and O–H groups in total. The third-order valence-corrected chi connectivity index (χ3v) is 6.32. The first-order valence-corrected chi connectivity index (χ1v) is 10.5. The minimum Gasteiger partial charge on any atom is -0.381 e. The van der Waals surface area contributed by atoms with Gasteiger partial charge in [-0.05, 0) is 66.8 Å². The summed E-state index contributed by atoms with van der Waals surface area (Å²) < 4.78 is 0. The van der Waals surface area contributed by atoms with Gasteiger partial charge >= 0.3 is 0 Å². The van der Waals surface area contributed by atoms with Crippen LogP contribution in [0.3, 0.4) is 0 Å². The van der Waals surface area contributed by atoms with E-state index in [4.69, 9.17) is 0 Å². The highest BCUT2D eigenvalue weighted by atomic mass is 16.1. The molecule has 0 aromatic heterocycles. The first-order valence-electron chi connectivity index (χ1n) is 10.5. The van der Waals surface area contributed by atoms with Gasteiger partial charge in [0, 0.05) is 23.8 Å². The Morgan fingerprint density at radius 3 is 2.69 bits per heavy atom. The molecular weight excluding hydrogens is 358 g/mol. The molecule has 4 nitrogen and oxygen atoms in total. The van der Waals surface area contributed by atoms with Crippen LogP contribution in [0.5, 0.6) is 0 Å². The second-order valence-electron chi connectivity index (χ2n) is 8.43. The fourth-order valence-electron chi connectivity index (χ4n) is 4.48. The zero-order valence-corrected chi connectivity index (χ0v) is 16.8. The highest BCUT2D eigenvalue weighted by Gasteiger charge is 2.46. The number of aryl methyl sites for hydroxylation is 1. The van der Waals surface area contributed by atoms with Crippen molar-refractivity contribution in [3.05, 3.63) is 77.4 Å². The molecule has 1 heterocycles. The number of hydrogen-bond donors (Lipinski definition) is 3. The molecule has 2 aliphatic rings. The normalized spacial score (nSPS) is 19.8. The van der Waals surface area contributed by atoms with E-state index in [1.807, 2.05) is 19.1 Å². The van der Waals surface area contributed by atoms with Crippen LogP contribution in [0.4, 0.5) is 5.69 Å². The lowest BCUT2D eigenvalue weighted by Gasteiger charge is -2.21. The first-order chi connectivity index (χ1) is 14.1. The zero-order valence-electron chi connectivity index (χ0n) is 16.8. The molecular formula is C25H27N3O. The summed E-state index contributed by atoms with van der Waals surface area (Å²) in [6.07, 6.45) is 3.08. The molecule has 4 heteroatoms. The predicted octanol–water partition coefficient (Wildman–Crippen LogP) is 4.34. The topological polar surface area (TPSA) is 53.2 Å². The fraction of sp³-hybridized carbons (Fsp3) is 0.320. The quantitative estimate of drug-likeness (QED) is 0.612. The summed E-state index contributed by atoms with van der Waals surface area (Å²) in [7, 11) is 0. The van der Waals surface area contributed by atoms with Crippen LogP contribution >= 0.6 is 0 Å². The van der Waals surface area contributed by atoms with E-state index >= 15 is 0 Å². The standard InChI is InChI=1S/C25H27N3O/c1-17-9-10-19(27-20-11-14-26-16-20)15-22(17)24(29)28-25(12-13-25)23-8-4-6-18-5-2-3-7-21(18)23/h2-10,15,20,26-27H,11-14,16H2,1H3,(H,28,29). The molecule has 1 saturated heterocycles. The summed E-state index contributed by atoms with van der Waals surface area (Å²) >= 11 is 0. The highest BCUT2D eigenvalue weighted by molar-refractivity contribution is 5.98. The van der Waals surface area contributed by atoms with E-state index in [0.717, 1.165) is 49.2 Å². The minimum atomic E-state index is -0.247. The van der Waals surface area contributed by atoms with Gasteiger partial charge in [0.05, 0.1) is 5.54 Å². The Bertz CT molecular complexity index is 1060. The number of amides is 1. The van der Waals surface area contributed by atoms with Crippen LogP contribution in [0.2, 0.25) is 0 Å². The van der Waals surface area contributed by atoms with Gasteiger partial charge in [0.2, 0.25) is 0 Å². The van der Waals surface area contributed by atoms with Crippen molar-refractivity contribution in [1.29, 1.82) is 0 Å². The molecule has 1 amide bonds. The largest absolute Gasteiger partial charge is 0.381 e. The lowest BCUT2D eigenvalue weighted by Crippen LogP contribution is -2.35. The Morgan fingerprint density at radius 1 is 1.07 bits per heavy atom. The van der Waals surface area contributed by atoms with E-state index in [-0.39, 0.29) is 11.4 Å². The maximum absolute atomic E-state index is 13.3. The smallest absolute Gasteiger partial charge is 0.252 e. The molecule has 3 aromatic carbocycles. The van der Waals surface area contributed by atoms with Crippen molar-refractivity contribution < 1.29 is 4.79 Å². The van der Waals surface area contributed by atoms with Gasteiger partial charge < -0.3 is 16.0 Å².